The molecule has 4 aromatic rings. The van der Waals surface area contributed by atoms with Gasteiger partial charge in [-0.1, -0.05) is 40.6 Å². The Balaban J connectivity index is 1.79. The van der Waals surface area contributed by atoms with E-state index in [0.717, 1.165) is 21.3 Å². The first-order valence-corrected chi connectivity index (χ1v) is 9.75. The van der Waals surface area contributed by atoms with Gasteiger partial charge in [-0.15, -0.1) is 0 Å². The molecule has 2 aromatic heterocycles. The summed E-state index contributed by atoms with van der Waals surface area (Å²) < 4.78 is 0. The lowest BCUT2D eigenvalue weighted by molar-refractivity contribution is 1.10. The minimum absolute atomic E-state index is 0.530. The van der Waals surface area contributed by atoms with Crippen LogP contribution in [0.25, 0.3) is 22.0 Å². The molecular formula is C19H15Cl2N5S. The second-order valence-corrected chi connectivity index (χ2v) is 7.91. The summed E-state index contributed by atoms with van der Waals surface area (Å²) >= 11 is 13.9. The molecule has 0 spiro atoms. The van der Waals surface area contributed by atoms with Crippen molar-refractivity contribution in [2.45, 2.75) is 13.8 Å². The molecule has 2 heterocycles. The maximum absolute atomic E-state index is 6.42. The Hall–Kier alpha value is -2.41. The fourth-order valence-corrected chi connectivity index (χ4v) is 4.09. The van der Waals surface area contributed by atoms with Crippen LogP contribution in [0.1, 0.15) is 11.1 Å². The number of aromatic nitrogens is 4. The van der Waals surface area contributed by atoms with Crippen LogP contribution < -0.4 is 5.32 Å². The Morgan fingerprint density at radius 1 is 1.04 bits per heavy atom. The SMILES string of the molecule is Cc1ccc(Nc2nc(-c3ccc(Cl)cc3Cl)c(-c3nc[nH]n3)s2)cc1C. The summed E-state index contributed by atoms with van der Waals surface area (Å²) in [5.74, 6) is 0.571. The molecule has 0 amide bonds. The van der Waals surface area contributed by atoms with Gasteiger partial charge in [-0.2, -0.15) is 5.10 Å². The Kier molecular flexibility index (Phi) is 4.86. The number of halogens is 2. The van der Waals surface area contributed by atoms with E-state index in [1.807, 2.05) is 12.1 Å². The lowest BCUT2D eigenvalue weighted by Gasteiger charge is -2.06. The van der Waals surface area contributed by atoms with E-state index in [4.69, 9.17) is 28.2 Å². The monoisotopic (exact) mass is 415 g/mol. The zero-order valence-electron chi connectivity index (χ0n) is 14.5. The van der Waals surface area contributed by atoms with Gasteiger partial charge in [-0.3, -0.25) is 5.10 Å². The van der Waals surface area contributed by atoms with Crippen molar-refractivity contribution in [3.05, 3.63) is 63.9 Å². The number of thiazole rings is 1. The van der Waals surface area contributed by atoms with Crippen LogP contribution in [0.3, 0.4) is 0 Å². The molecule has 0 unspecified atom stereocenters. The van der Waals surface area contributed by atoms with E-state index in [1.54, 1.807) is 18.5 Å². The van der Waals surface area contributed by atoms with E-state index >= 15 is 0 Å². The number of nitrogens with one attached hydrogen (secondary N) is 2. The molecule has 27 heavy (non-hydrogen) atoms. The van der Waals surface area contributed by atoms with Crippen LogP contribution in [-0.4, -0.2) is 20.2 Å². The number of anilines is 2. The third-order valence-electron chi connectivity index (χ3n) is 4.19. The van der Waals surface area contributed by atoms with E-state index in [9.17, 15) is 0 Å². The topological polar surface area (TPSA) is 66.5 Å². The van der Waals surface area contributed by atoms with Gasteiger partial charge in [-0.25, -0.2) is 9.97 Å². The highest BCUT2D eigenvalue weighted by atomic mass is 35.5. The lowest BCUT2D eigenvalue weighted by atomic mass is 10.1. The van der Waals surface area contributed by atoms with Crippen LogP contribution in [0.2, 0.25) is 10.0 Å². The second kappa shape index (κ2) is 7.31. The molecule has 5 nitrogen and oxygen atoms in total. The summed E-state index contributed by atoms with van der Waals surface area (Å²) in [5.41, 5.74) is 4.93. The minimum atomic E-state index is 0.530. The molecule has 0 fully saturated rings. The normalized spacial score (nSPS) is 11.0. The first kappa shape index (κ1) is 18.0. The van der Waals surface area contributed by atoms with Gasteiger partial charge in [0.05, 0.1) is 10.7 Å². The highest BCUT2D eigenvalue weighted by Crippen LogP contribution is 2.41. The highest BCUT2D eigenvalue weighted by molar-refractivity contribution is 7.19. The molecule has 0 saturated carbocycles. The first-order valence-electron chi connectivity index (χ1n) is 8.18. The van der Waals surface area contributed by atoms with Gasteiger partial charge in [-0.05, 0) is 55.3 Å². The van der Waals surface area contributed by atoms with Crippen molar-refractivity contribution >= 4 is 45.4 Å². The van der Waals surface area contributed by atoms with Crippen molar-refractivity contribution in [2.24, 2.45) is 0 Å². The summed E-state index contributed by atoms with van der Waals surface area (Å²) in [5, 5.41) is 12.2. The van der Waals surface area contributed by atoms with E-state index in [2.05, 4.69) is 46.5 Å². The summed E-state index contributed by atoms with van der Waals surface area (Å²) in [6.45, 7) is 4.17. The molecule has 0 aliphatic heterocycles. The predicted molar refractivity (Wildman–Crippen MR) is 112 cm³/mol. The number of H-pyrrole nitrogens is 1. The smallest absolute Gasteiger partial charge is 0.193 e. The van der Waals surface area contributed by atoms with E-state index in [-0.39, 0.29) is 0 Å². The molecule has 0 atom stereocenters. The Morgan fingerprint density at radius 3 is 2.59 bits per heavy atom. The number of aryl methyl sites for hydroxylation is 2. The number of aromatic amines is 1. The Morgan fingerprint density at radius 2 is 1.89 bits per heavy atom. The van der Waals surface area contributed by atoms with Gasteiger partial charge in [0.2, 0.25) is 0 Å². The van der Waals surface area contributed by atoms with E-state index < -0.39 is 0 Å². The maximum atomic E-state index is 6.42. The summed E-state index contributed by atoms with van der Waals surface area (Å²) in [6.07, 6.45) is 1.54. The van der Waals surface area contributed by atoms with Crippen molar-refractivity contribution in [1.82, 2.24) is 20.2 Å². The van der Waals surface area contributed by atoms with Crippen LogP contribution in [0.4, 0.5) is 10.8 Å². The average molecular weight is 416 g/mol. The Labute approximate surface area is 170 Å². The van der Waals surface area contributed by atoms with Crippen LogP contribution in [0.15, 0.2) is 42.7 Å². The number of nitrogens with zero attached hydrogens (tertiary/aromatic N) is 3. The second-order valence-electron chi connectivity index (χ2n) is 6.07. The highest BCUT2D eigenvalue weighted by Gasteiger charge is 2.20. The molecule has 4 rings (SSSR count). The van der Waals surface area contributed by atoms with E-state index in [1.165, 1.54) is 22.5 Å². The largest absolute Gasteiger partial charge is 0.332 e. The number of hydrogen-bond donors (Lipinski definition) is 2. The summed E-state index contributed by atoms with van der Waals surface area (Å²) in [4.78, 5) is 9.86. The van der Waals surface area contributed by atoms with Crippen molar-refractivity contribution in [2.75, 3.05) is 5.32 Å². The summed E-state index contributed by atoms with van der Waals surface area (Å²) in [6, 6.07) is 11.6. The standard InChI is InChI=1S/C19H15Cl2N5S/c1-10-3-5-13(7-11(10)2)24-19-25-16(14-6-4-12(20)8-15(14)21)17(27-19)18-22-9-23-26-18/h3-9H,1-2H3,(H,24,25)(H,22,23,26). The maximum Gasteiger partial charge on any atom is 0.193 e. The molecule has 0 saturated heterocycles. The van der Waals surface area contributed by atoms with Crippen LogP contribution in [-0.2, 0) is 0 Å². The lowest BCUT2D eigenvalue weighted by Crippen LogP contribution is -1.91. The van der Waals surface area contributed by atoms with Crippen LogP contribution in [0, 0.1) is 13.8 Å². The number of rotatable bonds is 4. The molecule has 0 bridgehead atoms. The van der Waals surface area contributed by atoms with Crippen molar-refractivity contribution in [3.63, 3.8) is 0 Å². The molecule has 2 N–H and O–H groups in total. The first-order chi connectivity index (χ1) is 13.0. The molecule has 8 heteroatoms. The fourth-order valence-electron chi connectivity index (χ4n) is 2.65. The van der Waals surface area contributed by atoms with Crippen molar-refractivity contribution in [1.29, 1.82) is 0 Å². The zero-order valence-corrected chi connectivity index (χ0v) is 16.9. The molecule has 136 valence electrons. The van der Waals surface area contributed by atoms with Crippen molar-refractivity contribution < 1.29 is 0 Å². The molecular weight excluding hydrogens is 401 g/mol. The molecule has 0 aliphatic carbocycles. The minimum Gasteiger partial charge on any atom is -0.332 e. The Bertz CT molecular complexity index is 1110. The number of benzene rings is 2. The number of hydrogen-bond acceptors (Lipinski definition) is 5. The van der Waals surface area contributed by atoms with Gasteiger partial charge < -0.3 is 5.32 Å². The summed E-state index contributed by atoms with van der Waals surface area (Å²) in [7, 11) is 0. The van der Waals surface area contributed by atoms with Crippen molar-refractivity contribution in [3.8, 4) is 22.0 Å². The zero-order chi connectivity index (χ0) is 19.0. The van der Waals surface area contributed by atoms with Gasteiger partial charge in [0, 0.05) is 16.3 Å². The van der Waals surface area contributed by atoms with Crippen LogP contribution >= 0.6 is 34.5 Å². The average Bonchev–Trinajstić information content (AvgIpc) is 3.28. The van der Waals surface area contributed by atoms with Gasteiger partial charge in [0.15, 0.2) is 11.0 Å². The molecule has 0 radical (unpaired) electrons. The van der Waals surface area contributed by atoms with E-state index in [0.29, 0.717) is 21.6 Å². The third kappa shape index (κ3) is 3.69. The fraction of sp³-hybridized carbons (Fsp3) is 0.105. The van der Waals surface area contributed by atoms with Gasteiger partial charge in [0.25, 0.3) is 0 Å². The predicted octanol–water partition coefficient (Wildman–Crippen LogP) is 6.26. The molecule has 2 aromatic carbocycles. The van der Waals surface area contributed by atoms with Gasteiger partial charge >= 0.3 is 0 Å². The van der Waals surface area contributed by atoms with Gasteiger partial charge in [0.1, 0.15) is 11.2 Å². The third-order valence-corrected chi connectivity index (χ3v) is 5.70. The quantitative estimate of drug-likeness (QED) is 0.412. The molecule has 0 aliphatic rings. The van der Waals surface area contributed by atoms with Crippen LogP contribution in [0.5, 0.6) is 0 Å².